The van der Waals surface area contributed by atoms with Crippen LogP contribution in [-0.2, 0) is 26.6 Å². The van der Waals surface area contributed by atoms with Crippen LogP contribution in [0.1, 0.15) is 17.0 Å². The van der Waals surface area contributed by atoms with Crippen LogP contribution in [0.15, 0.2) is 33.7 Å². The van der Waals surface area contributed by atoms with Crippen LogP contribution in [0.5, 0.6) is 0 Å². The fourth-order valence-electron chi connectivity index (χ4n) is 2.35. The Bertz CT molecular complexity index is 706. The second-order valence-electron chi connectivity index (χ2n) is 4.99. The molecule has 0 fully saturated rings. The second kappa shape index (κ2) is 5.43. The van der Waals surface area contributed by atoms with E-state index in [9.17, 15) is 9.59 Å². The topological polar surface area (TPSA) is 80.4 Å². The molecule has 2 aromatic heterocycles. The van der Waals surface area contributed by atoms with Gasteiger partial charge in [0.1, 0.15) is 5.76 Å². The summed E-state index contributed by atoms with van der Waals surface area (Å²) in [6.45, 7) is 1.34. The summed E-state index contributed by atoms with van der Waals surface area (Å²) in [6, 6.07) is 4.96. The minimum absolute atomic E-state index is 0.161. The van der Waals surface area contributed by atoms with Gasteiger partial charge in [-0.25, -0.2) is 9.48 Å². The van der Waals surface area contributed by atoms with E-state index in [1.54, 1.807) is 36.4 Å². The number of hydrogen-bond acceptors (Lipinski definition) is 4. The van der Waals surface area contributed by atoms with Crippen molar-refractivity contribution >= 4 is 6.03 Å². The van der Waals surface area contributed by atoms with E-state index in [2.05, 4.69) is 10.4 Å². The van der Waals surface area contributed by atoms with Gasteiger partial charge in [0.2, 0.25) is 0 Å². The van der Waals surface area contributed by atoms with Crippen molar-refractivity contribution in [1.82, 2.24) is 20.0 Å². The Morgan fingerprint density at radius 1 is 1.52 bits per heavy atom. The van der Waals surface area contributed by atoms with Crippen LogP contribution in [-0.4, -0.2) is 27.3 Å². The van der Waals surface area contributed by atoms with Gasteiger partial charge in [0, 0.05) is 38.2 Å². The number of hydrogen-bond donors (Lipinski definition) is 1. The molecular formula is C14H16N4O3. The molecule has 0 aliphatic carbocycles. The molecule has 3 rings (SSSR count). The largest absolute Gasteiger partial charge is 0.467 e. The number of nitrogens with zero attached hydrogens (tertiary/aromatic N) is 3. The molecule has 3 heterocycles. The fraction of sp³-hybridized carbons (Fsp3) is 0.357. The van der Waals surface area contributed by atoms with Crippen molar-refractivity contribution in [3.63, 3.8) is 0 Å². The zero-order chi connectivity index (χ0) is 14.8. The lowest BCUT2D eigenvalue weighted by Crippen LogP contribution is -2.43. The first kappa shape index (κ1) is 13.4. The van der Waals surface area contributed by atoms with Crippen LogP contribution in [0.25, 0.3) is 0 Å². The molecule has 0 unspecified atom stereocenters. The number of nitrogens with one attached hydrogen (secondary N) is 1. The molecule has 7 nitrogen and oxygen atoms in total. The molecule has 110 valence electrons. The fourth-order valence-corrected chi connectivity index (χ4v) is 2.35. The molecule has 0 atom stereocenters. The van der Waals surface area contributed by atoms with Gasteiger partial charge in [0.05, 0.1) is 18.5 Å². The zero-order valence-corrected chi connectivity index (χ0v) is 11.7. The highest BCUT2D eigenvalue weighted by molar-refractivity contribution is 5.74. The Morgan fingerprint density at radius 3 is 3.14 bits per heavy atom. The standard InChI is InChI=1S/C14H16N4O3/c1-17-13(19)7-10-9-18(5-4-12(10)16-17)14(20)15-8-11-3-2-6-21-11/h2-3,6-7H,4-5,8-9H2,1H3,(H,15,20). The highest BCUT2D eigenvalue weighted by atomic mass is 16.3. The molecule has 1 aliphatic rings. The number of fused-ring (bicyclic) bond motifs is 1. The number of furan rings is 1. The molecule has 0 bridgehead atoms. The number of carbonyl (C=O) groups excluding carboxylic acids is 1. The molecule has 0 spiro atoms. The van der Waals surface area contributed by atoms with E-state index in [0.717, 1.165) is 11.3 Å². The number of rotatable bonds is 2. The van der Waals surface area contributed by atoms with Crippen molar-refractivity contribution in [1.29, 1.82) is 0 Å². The van der Waals surface area contributed by atoms with Crippen LogP contribution in [0.3, 0.4) is 0 Å². The summed E-state index contributed by atoms with van der Waals surface area (Å²) < 4.78 is 6.49. The van der Waals surface area contributed by atoms with Gasteiger partial charge in [-0.1, -0.05) is 0 Å². The van der Waals surface area contributed by atoms with Crippen LogP contribution < -0.4 is 10.9 Å². The van der Waals surface area contributed by atoms with E-state index in [4.69, 9.17) is 4.42 Å². The predicted octanol–water partition coefficient (Wildman–Crippen LogP) is 0.641. The molecule has 2 aromatic rings. The zero-order valence-electron chi connectivity index (χ0n) is 11.7. The van der Waals surface area contributed by atoms with Crippen molar-refractivity contribution in [3.8, 4) is 0 Å². The van der Waals surface area contributed by atoms with Crippen molar-refractivity contribution in [2.45, 2.75) is 19.5 Å². The Labute approximate surface area is 121 Å². The smallest absolute Gasteiger partial charge is 0.318 e. The lowest BCUT2D eigenvalue weighted by molar-refractivity contribution is 0.190. The number of aryl methyl sites for hydroxylation is 1. The van der Waals surface area contributed by atoms with Crippen LogP contribution >= 0.6 is 0 Å². The normalized spacial score (nSPS) is 13.9. The van der Waals surface area contributed by atoms with Crippen LogP contribution in [0.4, 0.5) is 4.79 Å². The first-order valence-electron chi connectivity index (χ1n) is 6.75. The average molecular weight is 288 g/mol. The average Bonchev–Trinajstić information content (AvgIpc) is 2.99. The maximum absolute atomic E-state index is 12.1. The van der Waals surface area contributed by atoms with Crippen molar-refractivity contribution in [2.24, 2.45) is 7.05 Å². The minimum atomic E-state index is -0.169. The number of aromatic nitrogens is 2. The van der Waals surface area contributed by atoms with E-state index in [1.807, 2.05) is 0 Å². The maximum atomic E-state index is 12.1. The molecule has 0 radical (unpaired) electrons. The predicted molar refractivity (Wildman–Crippen MR) is 74.5 cm³/mol. The van der Waals surface area contributed by atoms with Gasteiger partial charge in [0.15, 0.2) is 0 Å². The summed E-state index contributed by atoms with van der Waals surface area (Å²) in [5.74, 6) is 0.705. The van der Waals surface area contributed by atoms with Gasteiger partial charge in [-0.05, 0) is 12.1 Å². The molecule has 0 saturated carbocycles. The van der Waals surface area contributed by atoms with Gasteiger partial charge in [0.25, 0.3) is 5.56 Å². The molecule has 21 heavy (non-hydrogen) atoms. The van der Waals surface area contributed by atoms with Gasteiger partial charge in [-0.15, -0.1) is 0 Å². The van der Waals surface area contributed by atoms with E-state index in [0.29, 0.717) is 31.8 Å². The minimum Gasteiger partial charge on any atom is -0.467 e. The highest BCUT2D eigenvalue weighted by Crippen LogP contribution is 2.15. The second-order valence-corrected chi connectivity index (χ2v) is 4.99. The molecule has 0 saturated heterocycles. The molecule has 2 amide bonds. The Hall–Kier alpha value is -2.57. The summed E-state index contributed by atoms with van der Waals surface area (Å²) in [5, 5.41) is 7.03. The molecular weight excluding hydrogens is 272 g/mol. The monoisotopic (exact) mass is 288 g/mol. The SMILES string of the molecule is Cn1nc2c(cc1=O)CN(C(=O)NCc1ccco1)CC2. The molecule has 1 aliphatic heterocycles. The van der Waals surface area contributed by atoms with E-state index in [-0.39, 0.29) is 11.6 Å². The first-order valence-corrected chi connectivity index (χ1v) is 6.75. The Kier molecular flexibility index (Phi) is 3.47. The Morgan fingerprint density at radius 2 is 2.38 bits per heavy atom. The third-order valence-corrected chi connectivity index (χ3v) is 3.52. The Balaban J connectivity index is 1.66. The van der Waals surface area contributed by atoms with E-state index in [1.165, 1.54) is 4.68 Å². The van der Waals surface area contributed by atoms with E-state index < -0.39 is 0 Å². The summed E-state index contributed by atoms with van der Waals surface area (Å²) in [7, 11) is 1.63. The summed E-state index contributed by atoms with van der Waals surface area (Å²) in [6.07, 6.45) is 2.22. The first-order chi connectivity index (χ1) is 10.1. The third kappa shape index (κ3) is 2.81. The van der Waals surface area contributed by atoms with Crippen LogP contribution in [0.2, 0.25) is 0 Å². The number of amides is 2. The number of urea groups is 1. The maximum Gasteiger partial charge on any atom is 0.318 e. The summed E-state index contributed by atoms with van der Waals surface area (Å²) >= 11 is 0. The van der Waals surface area contributed by atoms with Crippen molar-refractivity contribution in [3.05, 3.63) is 51.8 Å². The van der Waals surface area contributed by atoms with Gasteiger partial charge >= 0.3 is 6.03 Å². The third-order valence-electron chi connectivity index (χ3n) is 3.52. The van der Waals surface area contributed by atoms with Crippen molar-refractivity contribution in [2.75, 3.05) is 6.54 Å². The summed E-state index contributed by atoms with van der Waals surface area (Å²) in [4.78, 5) is 25.4. The lowest BCUT2D eigenvalue weighted by Gasteiger charge is -2.28. The van der Waals surface area contributed by atoms with Gasteiger partial charge in [-0.2, -0.15) is 5.10 Å². The van der Waals surface area contributed by atoms with Crippen LogP contribution in [0, 0.1) is 0 Å². The summed E-state index contributed by atoms with van der Waals surface area (Å²) in [5.41, 5.74) is 1.54. The van der Waals surface area contributed by atoms with Gasteiger partial charge < -0.3 is 14.6 Å². The molecule has 1 N–H and O–H groups in total. The number of carbonyl (C=O) groups is 1. The highest BCUT2D eigenvalue weighted by Gasteiger charge is 2.22. The van der Waals surface area contributed by atoms with Gasteiger partial charge in [-0.3, -0.25) is 4.79 Å². The van der Waals surface area contributed by atoms with E-state index >= 15 is 0 Å². The quantitative estimate of drug-likeness (QED) is 0.879. The molecule has 7 heteroatoms. The van der Waals surface area contributed by atoms with Crippen molar-refractivity contribution < 1.29 is 9.21 Å². The lowest BCUT2D eigenvalue weighted by atomic mass is 10.1. The molecule has 0 aromatic carbocycles.